The van der Waals surface area contributed by atoms with Gasteiger partial charge in [0.1, 0.15) is 0 Å². The molecule has 0 spiro atoms. The highest BCUT2D eigenvalue weighted by Gasteiger charge is 2.37. The topological polar surface area (TPSA) is 70.5 Å². The molecule has 2 rings (SSSR count). The number of aliphatic carboxylic acids is 1. The zero-order chi connectivity index (χ0) is 14.7. The Kier molecular flexibility index (Phi) is 5.04. The number of rotatable bonds is 5. The molecule has 1 amide bonds. The molecule has 0 radical (unpaired) electrons. The van der Waals surface area contributed by atoms with Gasteiger partial charge in [0.25, 0.3) is 0 Å². The van der Waals surface area contributed by atoms with E-state index in [1.807, 2.05) is 19.2 Å². The highest BCUT2D eigenvalue weighted by Crippen LogP contribution is 2.25. The summed E-state index contributed by atoms with van der Waals surface area (Å²) in [6.45, 7) is 4.33. The van der Waals surface area contributed by atoms with Crippen molar-refractivity contribution in [2.75, 3.05) is 12.3 Å². The van der Waals surface area contributed by atoms with Gasteiger partial charge < -0.3 is 10.0 Å². The number of hydrogen-bond acceptors (Lipinski definition) is 5. The fourth-order valence-corrected chi connectivity index (χ4v) is 3.94. The number of aromatic nitrogens is 1. The number of carboxylic acid groups (broad SMARTS) is 1. The predicted octanol–water partition coefficient (Wildman–Crippen LogP) is 2.01. The van der Waals surface area contributed by atoms with E-state index in [1.54, 1.807) is 16.2 Å². The van der Waals surface area contributed by atoms with Crippen LogP contribution in [0, 0.1) is 12.8 Å². The van der Waals surface area contributed by atoms with Gasteiger partial charge in [-0.1, -0.05) is 0 Å². The highest BCUT2D eigenvalue weighted by molar-refractivity contribution is 7.99. The summed E-state index contributed by atoms with van der Waals surface area (Å²) in [6.07, 6.45) is 0.554. The number of amides is 1. The van der Waals surface area contributed by atoms with Crippen LogP contribution in [-0.2, 0) is 15.3 Å². The maximum atomic E-state index is 12.1. The van der Waals surface area contributed by atoms with E-state index in [0.717, 1.165) is 16.5 Å². The van der Waals surface area contributed by atoms with Gasteiger partial charge in [0.2, 0.25) is 5.91 Å². The van der Waals surface area contributed by atoms with Crippen LogP contribution in [0.2, 0.25) is 0 Å². The maximum Gasteiger partial charge on any atom is 0.308 e. The molecule has 1 aliphatic heterocycles. The van der Waals surface area contributed by atoms with Gasteiger partial charge in [0, 0.05) is 23.7 Å². The van der Waals surface area contributed by atoms with Crippen LogP contribution < -0.4 is 0 Å². The minimum Gasteiger partial charge on any atom is -0.481 e. The Morgan fingerprint density at radius 3 is 2.90 bits per heavy atom. The van der Waals surface area contributed by atoms with E-state index in [-0.39, 0.29) is 11.9 Å². The Hall–Kier alpha value is -1.08. The molecule has 20 heavy (non-hydrogen) atoms. The molecule has 2 unspecified atom stereocenters. The normalized spacial score (nSPS) is 22.2. The molecule has 1 aromatic heterocycles. The lowest BCUT2D eigenvalue weighted by Crippen LogP contribution is -2.38. The van der Waals surface area contributed by atoms with Crippen molar-refractivity contribution >= 4 is 35.0 Å². The first-order valence-electron chi connectivity index (χ1n) is 6.50. The van der Waals surface area contributed by atoms with Crippen LogP contribution in [0.25, 0.3) is 0 Å². The summed E-state index contributed by atoms with van der Waals surface area (Å²) in [5.74, 6) is -0.102. The molecule has 1 N–H and O–H groups in total. The third-order valence-corrected chi connectivity index (χ3v) is 5.31. The van der Waals surface area contributed by atoms with E-state index in [1.165, 1.54) is 11.8 Å². The second kappa shape index (κ2) is 6.58. The second-order valence-electron chi connectivity index (χ2n) is 4.91. The van der Waals surface area contributed by atoms with Crippen molar-refractivity contribution in [2.24, 2.45) is 5.92 Å². The number of carboxylic acids is 1. The first-order chi connectivity index (χ1) is 9.49. The first kappa shape index (κ1) is 15.3. The number of thioether (sulfide) groups is 1. The molecule has 0 aliphatic carbocycles. The Bertz CT molecular complexity index is 504. The molecule has 2 heterocycles. The van der Waals surface area contributed by atoms with Crippen molar-refractivity contribution in [1.82, 2.24) is 9.88 Å². The lowest BCUT2D eigenvalue weighted by Gasteiger charge is -2.23. The van der Waals surface area contributed by atoms with Crippen molar-refractivity contribution < 1.29 is 14.7 Å². The van der Waals surface area contributed by atoms with Gasteiger partial charge in [0.05, 0.1) is 22.4 Å². The number of hydrogen-bond donors (Lipinski definition) is 1. The highest BCUT2D eigenvalue weighted by atomic mass is 32.2. The molecule has 7 heteroatoms. The predicted molar refractivity (Wildman–Crippen MR) is 79.9 cm³/mol. The van der Waals surface area contributed by atoms with Crippen LogP contribution in [0.15, 0.2) is 5.38 Å². The van der Waals surface area contributed by atoms with Crippen LogP contribution in [0.3, 0.4) is 0 Å². The molecule has 1 aromatic rings. The lowest BCUT2D eigenvalue weighted by molar-refractivity contribution is -0.142. The standard InChI is InChI=1S/C13H18N2O3S2/c1-8-11(13(17)18)3-4-15(8)12(16)7-19-5-10-6-20-9(2)14-10/h6,8,11H,3-5,7H2,1-2H3,(H,17,18). The van der Waals surface area contributed by atoms with Crippen molar-refractivity contribution in [1.29, 1.82) is 0 Å². The van der Waals surface area contributed by atoms with Crippen LogP contribution in [0.1, 0.15) is 24.0 Å². The number of aryl methyl sites for hydroxylation is 1. The second-order valence-corrected chi connectivity index (χ2v) is 6.96. The van der Waals surface area contributed by atoms with Crippen LogP contribution in [0.4, 0.5) is 0 Å². The summed E-state index contributed by atoms with van der Waals surface area (Å²) in [5.41, 5.74) is 1.00. The Balaban J connectivity index is 1.79. The number of nitrogens with zero attached hydrogens (tertiary/aromatic N) is 2. The van der Waals surface area contributed by atoms with Crippen LogP contribution in [-0.4, -0.2) is 45.2 Å². The molecule has 0 saturated carbocycles. The van der Waals surface area contributed by atoms with E-state index >= 15 is 0 Å². The molecule has 1 saturated heterocycles. The first-order valence-corrected chi connectivity index (χ1v) is 8.53. The summed E-state index contributed by atoms with van der Waals surface area (Å²) in [5, 5.41) is 12.1. The lowest BCUT2D eigenvalue weighted by atomic mass is 10.0. The largest absolute Gasteiger partial charge is 0.481 e. The van der Waals surface area contributed by atoms with Gasteiger partial charge in [-0.05, 0) is 20.3 Å². The average molecular weight is 314 g/mol. The molecule has 1 fully saturated rings. The Morgan fingerprint density at radius 1 is 1.60 bits per heavy atom. The molecule has 5 nitrogen and oxygen atoms in total. The fourth-order valence-electron chi connectivity index (χ4n) is 2.42. The van der Waals surface area contributed by atoms with Crippen LogP contribution >= 0.6 is 23.1 Å². The van der Waals surface area contributed by atoms with Gasteiger partial charge >= 0.3 is 5.97 Å². The zero-order valence-electron chi connectivity index (χ0n) is 11.5. The molecular formula is C13H18N2O3S2. The molecular weight excluding hydrogens is 296 g/mol. The van der Waals surface area contributed by atoms with Crippen molar-refractivity contribution in [2.45, 2.75) is 32.1 Å². The van der Waals surface area contributed by atoms with E-state index in [0.29, 0.717) is 18.7 Å². The van der Waals surface area contributed by atoms with E-state index in [4.69, 9.17) is 5.11 Å². The summed E-state index contributed by atoms with van der Waals surface area (Å²) in [6, 6.07) is -0.206. The third kappa shape index (κ3) is 3.52. The number of carbonyl (C=O) groups is 2. The van der Waals surface area contributed by atoms with E-state index in [2.05, 4.69) is 4.98 Å². The summed E-state index contributed by atoms with van der Waals surface area (Å²) < 4.78 is 0. The van der Waals surface area contributed by atoms with Crippen LogP contribution in [0.5, 0.6) is 0 Å². The molecule has 2 atom stereocenters. The number of likely N-dealkylation sites (tertiary alicyclic amines) is 1. The number of thiazole rings is 1. The molecule has 0 aromatic carbocycles. The van der Waals surface area contributed by atoms with Gasteiger partial charge in [-0.15, -0.1) is 23.1 Å². The summed E-state index contributed by atoms with van der Waals surface area (Å²) >= 11 is 3.14. The maximum absolute atomic E-state index is 12.1. The van der Waals surface area contributed by atoms with Gasteiger partial charge in [-0.3, -0.25) is 9.59 Å². The minimum atomic E-state index is -0.807. The van der Waals surface area contributed by atoms with Crippen molar-refractivity contribution in [3.8, 4) is 0 Å². The number of carbonyl (C=O) groups excluding carboxylic acids is 1. The smallest absolute Gasteiger partial charge is 0.308 e. The quantitative estimate of drug-likeness (QED) is 0.900. The fraction of sp³-hybridized carbons (Fsp3) is 0.615. The average Bonchev–Trinajstić information content (AvgIpc) is 2.95. The van der Waals surface area contributed by atoms with Gasteiger partial charge in [-0.2, -0.15) is 0 Å². The zero-order valence-corrected chi connectivity index (χ0v) is 13.2. The van der Waals surface area contributed by atoms with Crippen molar-refractivity contribution in [3.63, 3.8) is 0 Å². The Labute approximate surface area is 126 Å². The summed E-state index contributed by atoms with van der Waals surface area (Å²) in [7, 11) is 0. The Morgan fingerprint density at radius 2 is 2.35 bits per heavy atom. The molecule has 110 valence electrons. The van der Waals surface area contributed by atoms with E-state index in [9.17, 15) is 9.59 Å². The van der Waals surface area contributed by atoms with Gasteiger partial charge in [-0.25, -0.2) is 4.98 Å². The third-order valence-electron chi connectivity index (χ3n) is 3.53. The minimum absolute atomic E-state index is 0.0261. The molecule has 0 bridgehead atoms. The SMILES string of the molecule is Cc1nc(CSCC(=O)N2CCC(C(=O)O)C2C)cs1. The monoisotopic (exact) mass is 314 g/mol. The van der Waals surface area contributed by atoms with Crippen molar-refractivity contribution in [3.05, 3.63) is 16.1 Å². The summed E-state index contributed by atoms with van der Waals surface area (Å²) in [4.78, 5) is 29.2. The van der Waals surface area contributed by atoms with E-state index < -0.39 is 11.9 Å². The van der Waals surface area contributed by atoms with Gasteiger partial charge in [0.15, 0.2) is 0 Å². The molecule has 1 aliphatic rings.